The molecule has 6 nitrogen and oxygen atoms in total. The first-order chi connectivity index (χ1) is 12.8. The van der Waals surface area contributed by atoms with Gasteiger partial charge < -0.3 is 29.2 Å². The van der Waals surface area contributed by atoms with Crippen molar-refractivity contribution >= 4 is 0 Å². The molecule has 2 rings (SSSR count). The molecule has 2 fully saturated rings. The van der Waals surface area contributed by atoms with Crippen molar-refractivity contribution < 1.29 is 29.2 Å². The molecule has 4 atom stereocenters. The summed E-state index contributed by atoms with van der Waals surface area (Å²) in [4.78, 5) is 0. The number of aliphatic hydroxyl groups excluding tert-OH is 2. The van der Waals surface area contributed by atoms with Crippen molar-refractivity contribution in [3.05, 3.63) is 0 Å². The fraction of sp³-hybridized carbons (Fsp3) is 0.800. The molecule has 146 valence electrons. The normalized spacial score (nSPS) is 25.3. The minimum Gasteiger partial charge on any atom is -0.389 e. The summed E-state index contributed by atoms with van der Waals surface area (Å²) in [6.07, 6.45) is 4.39. The Morgan fingerprint density at radius 1 is 0.731 bits per heavy atom. The fourth-order valence-electron chi connectivity index (χ4n) is 2.68. The number of aliphatic hydroxyl groups is 2. The summed E-state index contributed by atoms with van der Waals surface area (Å²) in [5.41, 5.74) is 0. The first-order valence-corrected chi connectivity index (χ1v) is 9.49. The molecule has 0 aliphatic carbocycles. The molecule has 0 spiro atoms. The highest BCUT2D eigenvalue weighted by Crippen LogP contribution is 2.14. The van der Waals surface area contributed by atoms with E-state index in [4.69, 9.17) is 18.9 Å². The molecule has 0 radical (unpaired) electrons. The van der Waals surface area contributed by atoms with E-state index in [2.05, 4.69) is 23.7 Å². The standard InChI is InChI=1S/C20H30O6/c21-17(9-1-5-13-23-19-11-3-7-15-25-19)18(22)10-2-6-14-24-20-12-4-8-16-26-20/h17-22H,3-4,7-16H2/t17-,18-,19?,20?/m0/s1. The van der Waals surface area contributed by atoms with E-state index < -0.39 is 12.2 Å². The van der Waals surface area contributed by atoms with Gasteiger partial charge in [0, 0.05) is 26.1 Å². The highest BCUT2D eigenvalue weighted by Gasteiger charge is 2.15. The van der Waals surface area contributed by atoms with Gasteiger partial charge in [-0.2, -0.15) is 0 Å². The van der Waals surface area contributed by atoms with Crippen molar-refractivity contribution in [1.82, 2.24) is 0 Å². The molecule has 2 aliphatic rings. The third-order valence-electron chi connectivity index (χ3n) is 4.28. The Kier molecular flexibility index (Phi) is 10.7. The van der Waals surface area contributed by atoms with E-state index in [1.54, 1.807) is 0 Å². The maximum atomic E-state index is 9.89. The van der Waals surface area contributed by atoms with Gasteiger partial charge in [-0.1, -0.05) is 23.7 Å². The lowest BCUT2D eigenvalue weighted by atomic mass is 10.1. The monoisotopic (exact) mass is 366 g/mol. The van der Waals surface area contributed by atoms with Gasteiger partial charge in [0.1, 0.15) is 13.2 Å². The van der Waals surface area contributed by atoms with Crippen LogP contribution in [-0.4, -0.2) is 61.4 Å². The topological polar surface area (TPSA) is 77.4 Å². The molecule has 2 N–H and O–H groups in total. The molecule has 0 amide bonds. The maximum Gasteiger partial charge on any atom is 0.158 e. The second-order valence-corrected chi connectivity index (χ2v) is 6.46. The summed E-state index contributed by atoms with van der Waals surface area (Å²) in [6, 6.07) is 0. The molecule has 0 aromatic carbocycles. The fourth-order valence-corrected chi connectivity index (χ4v) is 2.68. The number of rotatable bonds is 7. The summed E-state index contributed by atoms with van der Waals surface area (Å²) in [5.74, 6) is 11.3. The minimum absolute atomic E-state index is 0.162. The lowest BCUT2D eigenvalue weighted by Crippen LogP contribution is -2.25. The second kappa shape index (κ2) is 13.1. The number of hydrogen-bond donors (Lipinski definition) is 2. The van der Waals surface area contributed by atoms with Gasteiger partial charge in [-0.15, -0.1) is 0 Å². The smallest absolute Gasteiger partial charge is 0.158 e. The van der Waals surface area contributed by atoms with Crippen LogP contribution in [0.5, 0.6) is 0 Å². The van der Waals surface area contributed by atoms with Gasteiger partial charge in [-0.25, -0.2) is 0 Å². The predicted molar refractivity (Wildman–Crippen MR) is 95.9 cm³/mol. The molecule has 0 saturated carbocycles. The van der Waals surface area contributed by atoms with Crippen LogP contribution in [0, 0.1) is 23.7 Å². The van der Waals surface area contributed by atoms with Gasteiger partial charge in [0.2, 0.25) is 0 Å². The third kappa shape index (κ3) is 9.00. The van der Waals surface area contributed by atoms with Crippen LogP contribution in [0.1, 0.15) is 51.4 Å². The van der Waals surface area contributed by atoms with Crippen LogP contribution >= 0.6 is 0 Å². The highest BCUT2D eigenvalue weighted by atomic mass is 16.7. The van der Waals surface area contributed by atoms with E-state index in [1.165, 1.54) is 0 Å². The van der Waals surface area contributed by atoms with Crippen molar-refractivity contribution in [2.24, 2.45) is 0 Å². The molecule has 0 aromatic rings. The highest BCUT2D eigenvalue weighted by molar-refractivity contribution is 5.04. The largest absolute Gasteiger partial charge is 0.389 e. The van der Waals surface area contributed by atoms with E-state index >= 15 is 0 Å². The average molecular weight is 366 g/mol. The van der Waals surface area contributed by atoms with Crippen LogP contribution in [0.2, 0.25) is 0 Å². The number of hydrogen-bond acceptors (Lipinski definition) is 6. The Hall–Kier alpha value is -1.12. The van der Waals surface area contributed by atoms with Crippen LogP contribution < -0.4 is 0 Å². The van der Waals surface area contributed by atoms with E-state index in [0.717, 1.165) is 51.7 Å². The van der Waals surface area contributed by atoms with Crippen LogP contribution in [0.15, 0.2) is 0 Å². The van der Waals surface area contributed by atoms with Crippen LogP contribution in [0.3, 0.4) is 0 Å². The molecule has 26 heavy (non-hydrogen) atoms. The lowest BCUT2D eigenvalue weighted by Gasteiger charge is -2.21. The zero-order chi connectivity index (χ0) is 18.5. The average Bonchev–Trinajstić information content (AvgIpc) is 2.68. The molecular weight excluding hydrogens is 336 g/mol. The zero-order valence-corrected chi connectivity index (χ0v) is 15.3. The molecule has 2 heterocycles. The first-order valence-electron chi connectivity index (χ1n) is 9.49. The molecule has 0 aromatic heterocycles. The van der Waals surface area contributed by atoms with Crippen LogP contribution in [0.4, 0.5) is 0 Å². The van der Waals surface area contributed by atoms with Crippen LogP contribution in [-0.2, 0) is 18.9 Å². The summed E-state index contributed by atoms with van der Waals surface area (Å²) in [5, 5.41) is 19.8. The van der Waals surface area contributed by atoms with Gasteiger partial charge >= 0.3 is 0 Å². The predicted octanol–water partition coefficient (Wildman–Crippen LogP) is 1.58. The van der Waals surface area contributed by atoms with Crippen molar-refractivity contribution in [2.75, 3.05) is 26.4 Å². The van der Waals surface area contributed by atoms with Gasteiger partial charge in [-0.3, -0.25) is 0 Å². The Morgan fingerprint density at radius 2 is 1.19 bits per heavy atom. The molecule has 0 bridgehead atoms. The number of ether oxygens (including phenoxy) is 4. The maximum absolute atomic E-state index is 9.89. The SMILES string of the molecule is O[C@@H](CC#CCOC1CCCCO1)[C@@H](O)CC#CCOC1CCCCO1. The van der Waals surface area contributed by atoms with Crippen molar-refractivity contribution in [3.63, 3.8) is 0 Å². The molecular formula is C20H30O6. The van der Waals surface area contributed by atoms with E-state index in [9.17, 15) is 10.2 Å². The first kappa shape index (κ1) is 21.2. The van der Waals surface area contributed by atoms with E-state index in [0.29, 0.717) is 0 Å². The minimum atomic E-state index is -0.926. The van der Waals surface area contributed by atoms with Gasteiger partial charge in [0.15, 0.2) is 12.6 Å². The van der Waals surface area contributed by atoms with Gasteiger partial charge in [0.05, 0.1) is 12.2 Å². The van der Waals surface area contributed by atoms with Gasteiger partial charge in [-0.05, 0) is 38.5 Å². The van der Waals surface area contributed by atoms with E-state index in [-0.39, 0.29) is 38.6 Å². The van der Waals surface area contributed by atoms with Crippen LogP contribution in [0.25, 0.3) is 0 Å². The zero-order valence-electron chi connectivity index (χ0n) is 15.3. The van der Waals surface area contributed by atoms with Crippen molar-refractivity contribution in [3.8, 4) is 23.7 Å². The molecule has 2 saturated heterocycles. The van der Waals surface area contributed by atoms with E-state index in [1.807, 2.05) is 0 Å². The summed E-state index contributed by atoms with van der Waals surface area (Å²) in [6.45, 7) is 2.02. The Bertz CT molecular complexity index is 442. The quantitative estimate of drug-likeness (QED) is 0.666. The summed E-state index contributed by atoms with van der Waals surface area (Å²) >= 11 is 0. The molecule has 2 aliphatic heterocycles. The Balaban J connectivity index is 1.52. The van der Waals surface area contributed by atoms with Crippen molar-refractivity contribution in [2.45, 2.75) is 76.2 Å². The summed E-state index contributed by atoms with van der Waals surface area (Å²) < 4.78 is 21.8. The second-order valence-electron chi connectivity index (χ2n) is 6.46. The van der Waals surface area contributed by atoms with Crippen molar-refractivity contribution in [1.29, 1.82) is 0 Å². The summed E-state index contributed by atoms with van der Waals surface area (Å²) in [7, 11) is 0. The Labute approximate surface area is 156 Å². The third-order valence-corrected chi connectivity index (χ3v) is 4.28. The lowest BCUT2D eigenvalue weighted by molar-refractivity contribution is -0.154. The molecule has 6 heteroatoms. The molecule has 2 unspecified atom stereocenters. The van der Waals surface area contributed by atoms with Gasteiger partial charge in [0.25, 0.3) is 0 Å². The Morgan fingerprint density at radius 3 is 1.58 bits per heavy atom.